The number of thioether (sulfide) groups is 2. The molecule has 1 aromatic carbocycles. The Balaban J connectivity index is 1.84. The van der Waals surface area contributed by atoms with Crippen LogP contribution in [0.15, 0.2) is 24.3 Å². The molecule has 1 saturated heterocycles. The zero-order valence-electron chi connectivity index (χ0n) is 15.2. The largest absolute Gasteiger partial charge is 0.351 e. The SMILES string of the molecule is CC(C)N(CCNC(=O)c1ccc(C2SCCCS2)cc1)C(C)C. The van der Waals surface area contributed by atoms with Gasteiger partial charge >= 0.3 is 0 Å². The Kier molecular flexibility index (Phi) is 7.98. The van der Waals surface area contributed by atoms with Gasteiger partial charge in [0.25, 0.3) is 5.91 Å². The van der Waals surface area contributed by atoms with Gasteiger partial charge in [-0.3, -0.25) is 9.69 Å². The molecule has 0 atom stereocenters. The fourth-order valence-corrected chi connectivity index (χ4v) is 5.88. The first kappa shape index (κ1) is 19.7. The topological polar surface area (TPSA) is 32.3 Å². The molecule has 1 amide bonds. The number of benzene rings is 1. The molecule has 1 aliphatic rings. The van der Waals surface area contributed by atoms with E-state index in [4.69, 9.17) is 0 Å². The van der Waals surface area contributed by atoms with Crippen LogP contribution in [0.25, 0.3) is 0 Å². The lowest BCUT2D eigenvalue weighted by molar-refractivity contribution is 0.0939. The normalized spacial score (nSPS) is 16.1. The number of nitrogens with one attached hydrogen (secondary N) is 1. The van der Waals surface area contributed by atoms with Crippen LogP contribution in [0, 0.1) is 0 Å². The fourth-order valence-electron chi connectivity index (χ4n) is 2.99. The van der Waals surface area contributed by atoms with Crippen molar-refractivity contribution in [2.24, 2.45) is 0 Å². The van der Waals surface area contributed by atoms with Crippen molar-refractivity contribution in [3.8, 4) is 0 Å². The van der Waals surface area contributed by atoms with E-state index in [1.54, 1.807) is 0 Å². The van der Waals surface area contributed by atoms with E-state index in [9.17, 15) is 4.79 Å². The van der Waals surface area contributed by atoms with Gasteiger partial charge in [0.15, 0.2) is 0 Å². The van der Waals surface area contributed by atoms with Crippen LogP contribution in [0.5, 0.6) is 0 Å². The monoisotopic (exact) mass is 366 g/mol. The third kappa shape index (κ3) is 5.71. The molecule has 5 heteroatoms. The number of hydrogen-bond acceptors (Lipinski definition) is 4. The summed E-state index contributed by atoms with van der Waals surface area (Å²) in [5.41, 5.74) is 2.08. The van der Waals surface area contributed by atoms with Crippen LogP contribution in [0.1, 0.15) is 54.6 Å². The summed E-state index contributed by atoms with van der Waals surface area (Å²) in [5.74, 6) is 2.50. The number of carbonyl (C=O) groups is 1. The summed E-state index contributed by atoms with van der Waals surface area (Å²) in [7, 11) is 0. The van der Waals surface area contributed by atoms with E-state index < -0.39 is 0 Å². The van der Waals surface area contributed by atoms with Gasteiger partial charge in [0.1, 0.15) is 0 Å². The van der Waals surface area contributed by atoms with Crippen LogP contribution in [0.3, 0.4) is 0 Å². The van der Waals surface area contributed by atoms with Crippen molar-refractivity contribution in [1.82, 2.24) is 10.2 Å². The van der Waals surface area contributed by atoms with Crippen molar-refractivity contribution in [1.29, 1.82) is 0 Å². The second-order valence-electron chi connectivity index (χ2n) is 6.73. The van der Waals surface area contributed by atoms with Crippen LogP contribution < -0.4 is 5.32 Å². The second-order valence-corrected chi connectivity index (χ2v) is 9.45. The van der Waals surface area contributed by atoms with Crippen LogP contribution in [0.2, 0.25) is 0 Å². The summed E-state index contributed by atoms with van der Waals surface area (Å²) >= 11 is 4.02. The van der Waals surface area contributed by atoms with Crippen LogP contribution in [0.4, 0.5) is 0 Å². The zero-order chi connectivity index (χ0) is 17.5. The van der Waals surface area contributed by atoms with Gasteiger partial charge in [-0.05, 0) is 63.3 Å². The average molecular weight is 367 g/mol. The van der Waals surface area contributed by atoms with Crippen molar-refractivity contribution in [2.75, 3.05) is 24.6 Å². The van der Waals surface area contributed by atoms with Gasteiger partial charge in [-0.2, -0.15) is 0 Å². The predicted octanol–water partition coefficient (Wildman–Crippen LogP) is 4.40. The summed E-state index contributed by atoms with van der Waals surface area (Å²) in [6.45, 7) is 10.4. The summed E-state index contributed by atoms with van der Waals surface area (Å²) < 4.78 is 0.529. The lowest BCUT2D eigenvalue weighted by Gasteiger charge is -2.30. The molecule has 0 aromatic heterocycles. The van der Waals surface area contributed by atoms with E-state index in [-0.39, 0.29) is 5.91 Å². The Hall–Kier alpha value is -0.650. The van der Waals surface area contributed by atoms with Gasteiger partial charge in [-0.15, -0.1) is 23.5 Å². The lowest BCUT2D eigenvalue weighted by Crippen LogP contribution is -2.42. The highest BCUT2D eigenvalue weighted by molar-refractivity contribution is 8.16. The highest BCUT2D eigenvalue weighted by Crippen LogP contribution is 2.43. The van der Waals surface area contributed by atoms with Crippen LogP contribution in [-0.4, -0.2) is 47.5 Å². The standard InChI is InChI=1S/C19H30N2OS2/c1-14(2)21(15(3)4)11-10-20-18(22)16-6-8-17(9-7-16)19-23-12-5-13-24-19/h6-9,14-15,19H,5,10-13H2,1-4H3,(H,20,22). The maximum absolute atomic E-state index is 12.3. The van der Waals surface area contributed by atoms with E-state index in [0.717, 1.165) is 12.1 Å². The molecule has 0 unspecified atom stereocenters. The molecule has 0 spiro atoms. The van der Waals surface area contributed by atoms with Crippen molar-refractivity contribution in [3.05, 3.63) is 35.4 Å². The Morgan fingerprint density at radius 2 is 1.71 bits per heavy atom. The van der Waals surface area contributed by atoms with Crippen LogP contribution >= 0.6 is 23.5 Å². The highest BCUT2D eigenvalue weighted by atomic mass is 32.2. The quantitative estimate of drug-likeness (QED) is 0.775. The first-order valence-electron chi connectivity index (χ1n) is 8.86. The van der Waals surface area contributed by atoms with E-state index >= 15 is 0 Å². The molecule has 1 aliphatic heterocycles. The van der Waals surface area contributed by atoms with Crippen molar-refractivity contribution < 1.29 is 4.79 Å². The Morgan fingerprint density at radius 1 is 1.12 bits per heavy atom. The molecule has 0 bridgehead atoms. The minimum Gasteiger partial charge on any atom is -0.351 e. The summed E-state index contributed by atoms with van der Waals surface area (Å²) in [4.78, 5) is 14.7. The average Bonchev–Trinajstić information content (AvgIpc) is 2.58. The number of nitrogens with zero attached hydrogens (tertiary/aromatic N) is 1. The van der Waals surface area contributed by atoms with Gasteiger partial charge in [0, 0.05) is 30.7 Å². The third-order valence-corrected chi connectivity index (χ3v) is 7.27. The molecule has 1 heterocycles. The minimum atomic E-state index is 0.0259. The lowest BCUT2D eigenvalue weighted by atomic mass is 10.1. The van der Waals surface area contributed by atoms with Gasteiger partial charge in [-0.25, -0.2) is 0 Å². The maximum atomic E-state index is 12.3. The molecule has 3 nitrogen and oxygen atoms in total. The molecule has 0 saturated carbocycles. The van der Waals surface area contributed by atoms with Crippen molar-refractivity contribution in [3.63, 3.8) is 0 Å². The van der Waals surface area contributed by atoms with Gasteiger partial charge in [-0.1, -0.05) is 12.1 Å². The molecular formula is C19H30N2OS2. The van der Waals surface area contributed by atoms with Crippen LogP contribution in [-0.2, 0) is 0 Å². The van der Waals surface area contributed by atoms with E-state index in [2.05, 4.69) is 50.0 Å². The second kappa shape index (κ2) is 9.73. The Labute approximate surface area is 155 Å². The van der Waals surface area contributed by atoms with E-state index in [0.29, 0.717) is 23.2 Å². The van der Waals surface area contributed by atoms with Gasteiger partial charge in [0.2, 0.25) is 0 Å². The Morgan fingerprint density at radius 3 is 2.25 bits per heavy atom. The van der Waals surface area contributed by atoms with E-state index in [1.165, 1.54) is 23.5 Å². The summed E-state index contributed by atoms with van der Waals surface area (Å²) in [5, 5.41) is 3.05. The number of carbonyl (C=O) groups excluding carboxylic acids is 1. The minimum absolute atomic E-state index is 0.0259. The smallest absolute Gasteiger partial charge is 0.251 e. The molecule has 1 N–H and O–H groups in total. The molecule has 0 aliphatic carbocycles. The number of rotatable bonds is 7. The first-order valence-corrected chi connectivity index (χ1v) is 11.0. The maximum Gasteiger partial charge on any atom is 0.251 e. The molecule has 1 fully saturated rings. The number of amides is 1. The Bertz CT molecular complexity index is 503. The molecule has 1 aromatic rings. The first-order chi connectivity index (χ1) is 11.5. The molecule has 2 rings (SSSR count). The molecule has 24 heavy (non-hydrogen) atoms. The molecule has 134 valence electrons. The van der Waals surface area contributed by atoms with Gasteiger partial charge < -0.3 is 5.32 Å². The van der Waals surface area contributed by atoms with Gasteiger partial charge in [0.05, 0.1) is 4.58 Å². The number of hydrogen-bond donors (Lipinski definition) is 1. The molecular weight excluding hydrogens is 336 g/mol. The van der Waals surface area contributed by atoms with Crippen molar-refractivity contribution in [2.45, 2.75) is 50.8 Å². The van der Waals surface area contributed by atoms with Crippen molar-refractivity contribution >= 4 is 29.4 Å². The third-order valence-electron chi connectivity index (χ3n) is 4.25. The molecule has 0 radical (unpaired) electrons. The summed E-state index contributed by atoms with van der Waals surface area (Å²) in [6.07, 6.45) is 1.30. The summed E-state index contributed by atoms with van der Waals surface area (Å²) in [6, 6.07) is 9.13. The highest BCUT2D eigenvalue weighted by Gasteiger charge is 2.17. The predicted molar refractivity (Wildman–Crippen MR) is 108 cm³/mol. The fraction of sp³-hybridized carbons (Fsp3) is 0.632. The zero-order valence-corrected chi connectivity index (χ0v) is 16.9. The van der Waals surface area contributed by atoms with E-state index in [1.807, 2.05) is 35.7 Å².